The van der Waals surface area contributed by atoms with Crippen molar-refractivity contribution in [1.29, 1.82) is 0 Å². The number of rotatable bonds is 7. The van der Waals surface area contributed by atoms with Gasteiger partial charge in [0.05, 0.1) is 5.54 Å². The van der Waals surface area contributed by atoms with Crippen LogP contribution in [0.15, 0.2) is 24.3 Å². The molecule has 1 aromatic rings. The SMILES string of the molecule is CCc1ccc(OCC(=O)NC(C)(CN)C2CC2)cc1.Cl. The number of ether oxygens (including phenoxy) is 1. The Morgan fingerprint density at radius 1 is 1.38 bits per heavy atom. The molecule has 0 bridgehead atoms. The summed E-state index contributed by atoms with van der Waals surface area (Å²) in [6.07, 6.45) is 3.29. The molecule has 21 heavy (non-hydrogen) atoms. The molecule has 1 amide bonds. The van der Waals surface area contributed by atoms with Crippen LogP contribution in [0.25, 0.3) is 0 Å². The van der Waals surface area contributed by atoms with Crippen LogP contribution in [-0.4, -0.2) is 24.6 Å². The van der Waals surface area contributed by atoms with Crippen molar-refractivity contribution >= 4 is 18.3 Å². The van der Waals surface area contributed by atoms with Crippen molar-refractivity contribution in [1.82, 2.24) is 5.32 Å². The number of nitrogens with one attached hydrogen (secondary N) is 1. The third kappa shape index (κ3) is 4.90. The van der Waals surface area contributed by atoms with Crippen molar-refractivity contribution in [2.75, 3.05) is 13.2 Å². The molecule has 1 saturated carbocycles. The van der Waals surface area contributed by atoms with E-state index in [4.69, 9.17) is 10.5 Å². The van der Waals surface area contributed by atoms with Crippen LogP contribution < -0.4 is 15.8 Å². The molecule has 1 fully saturated rings. The lowest BCUT2D eigenvalue weighted by Crippen LogP contribution is -2.54. The summed E-state index contributed by atoms with van der Waals surface area (Å²) < 4.78 is 5.50. The van der Waals surface area contributed by atoms with E-state index in [2.05, 4.69) is 12.2 Å². The Morgan fingerprint density at radius 3 is 2.48 bits per heavy atom. The average Bonchev–Trinajstić information content (AvgIpc) is 3.30. The van der Waals surface area contributed by atoms with Crippen LogP contribution in [-0.2, 0) is 11.2 Å². The van der Waals surface area contributed by atoms with Gasteiger partial charge in [0, 0.05) is 6.54 Å². The maximum atomic E-state index is 12.0. The summed E-state index contributed by atoms with van der Waals surface area (Å²) in [5, 5.41) is 3.01. The van der Waals surface area contributed by atoms with Gasteiger partial charge >= 0.3 is 0 Å². The molecule has 2 rings (SSSR count). The van der Waals surface area contributed by atoms with Crippen LogP contribution >= 0.6 is 12.4 Å². The molecule has 5 heteroatoms. The van der Waals surface area contributed by atoms with E-state index in [-0.39, 0.29) is 30.5 Å². The Morgan fingerprint density at radius 2 is 2.00 bits per heavy atom. The monoisotopic (exact) mass is 312 g/mol. The summed E-state index contributed by atoms with van der Waals surface area (Å²) in [7, 11) is 0. The topological polar surface area (TPSA) is 64.3 Å². The zero-order chi connectivity index (χ0) is 14.6. The summed E-state index contributed by atoms with van der Waals surface area (Å²) in [6, 6.07) is 7.83. The van der Waals surface area contributed by atoms with E-state index < -0.39 is 0 Å². The van der Waals surface area contributed by atoms with Gasteiger partial charge in [-0.25, -0.2) is 0 Å². The van der Waals surface area contributed by atoms with Gasteiger partial charge in [-0.3, -0.25) is 4.79 Å². The first-order chi connectivity index (χ1) is 9.57. The molecule has 1 atom stereocenters. The fourth-order valence-corrected chi connectivity index (χ4v) is 2.37. The van der Waals surface area contributed by atoms with Gasteiger partial charge in [0.15, 0.2) is 6.61 Å². The number of carbonyl (C=O) groups excluding carboxylic acids is 1. The van der Waals surface area contributed by atoms with Gasteiger partial charge in [0.2, 0.25) is 0 Å². The average molecular weight is 313 g/mol. The van der Waals surface area contributed by atoms with E-state index in [9.17, 15) is 4.79 Å². The van der Waals surface area contributed by atoms with Crippen LogP contribution in [0.3, 0.4) is 0 Å². The highest BCUT2D eigenvalue weighted by Crippen LogP contribution is 2.38. The minimum Gasteiger partial charge on any atom is -0.484 e. The molecule has 0 spiro atoms. The number of carbonyl (C=O) groups is 1. The Labute approximate surface area is 132 Å². The molecule has 0 saturated heterocycles. The van der Waals surface area contributed by atoms with E-state index in [1.807, 2.05) is 31.2 Å². The van der Waals surface area contributed by atoms with Crippen LogP contribution in [0.2, 0.25) is 0 Å². The third-order valence-corrected chi connectivity index (χ3v) is 4.03. The lowest BCUT2D eigenvalue weighted by molar-refractivity contribution is -0.125. The largest absolute Gasteiger partial charge is 0.484 e. The van der Waals surface area contributed by atoms with E-state index in [1.54, 1.807) is 0 Å². The Bertz CT molecular complexity index is 460. The molecule has 1 aliphatic carbocycles. The number of nitrogens with two attached hydrogens (primary N) is 1. The first-order valence-corrected chi connectivity index (χ1v) is 7.30. The summed E-state index contributed by atoms with van der Waals surface area (Å²) in [5.41, 5.74) is 6.75. The first kappa shape index (κ1) is 17.8. The van der Waals surface area contributed by atoms with Crippen LogP contribution in [0, 0.1) is 5.92 Å². The van der Waals surface area contributed by atoms with Crippen molar-refractivity contribution in [3.8, 4) is 5.75 Å². The number of hydrogen-bond acceptors (Lipinski definition) is 3. The standard InChI is InChI=1S/C16H24N2O2.ClH/c1-3-12-4-8-14(9-5-12)20-10-15(19)18-16(2,11-17)13-6-7-13;/h4-5,8-9,13H,3,6-7,10-11,17H2,1-2H3,(H,18,19);1H. The smallest absolute Gasteiger partial charge is 0.258 e. The van der Waals surface area contributed by atoms with E-state index in [1.165, 1.54) is 5.56 Å². The van der Waals surface area contributed by atoms with Crippen LogP contribution in [0.1, 0.15) is 32.3 Å². The van der Waals surface area contributed by atoms with Gasteiger partial charge in [-0.1, -0.05) is 19.1 Å². The predicted octanol–water partition coefficient (Wildman–Crippen LogP) is 2.29. The van der Waals surface area contributed by atoms with Crippen molar-refractivity contribution in [3.05, 3.63) is 29.8 Å². The van der Waals surface area contributed by atoms with E-state index in [0.29, 0.717) is 12.5 Å². The van der Waals surface area contributed by atoms with Gasteiger partial charge in [-0.05, 0) is 49.8 Å². The molecular weight excluding hydrogens is 288 g/mol. The predicted molar refractivity (Wildman–Crippen MR) is 86.9 cm³/mol. The summed E-state index contributed by atoms with van der Waals surface area (Å²) in [4.78, 5) is 12.0. The molecular formula is C16H25ClN2O2. The molecule has 0 aromatic heterocycles. The molecule has 1 aliphatic rings. The number of hydrogen-bond donors (Lipinski definition) is 2. The van der Waals surface area contributed by atoms with Crippen molar-refractivity contribution < 1.29 is 9.53 Å². The third-order valence-electron chi connectivity index (χ3n) is 4.03. The van der Waals surface area contributed by atoms with Gasteiger partial charge in [0.1, 0.15) is 5.75 Å². The Kier molecular flexibility index (Phi) is 6.49. The number of amides is 1. The maximum absolute atomic E-state index is 12.0. The zero-order valence-corrected chi connectivity index (χ0v) is 13.5. The minimum atomic E-state index is -0.285. The summed E-state index contributed by atoms with van der Waals surface area (Å²) >= 11 is 0. The second-order valence-corrected chi connectivity index (χ2v) is 5.73. The highest BCUT2D eigenvalue weighted by atomic mass is 35.5. The summed E-state index contributed by atoms with van der Waals surface area (Å²) in [5.74, 6) is 1.13. The molecule has 3 N–H and O–H groups in total. The Hall–Kier alpha value is -1.26. The molecule has 4 nitrogen and oxygen atoms in total. The van der Waals surface area contributed by atoms with Gasteiger partial charge in [-0.15, -0.1) is 12.4 Å². The summed E-state index contributed by atoms with van der Waals surface area (Å²) in [6.45, 7) is 4.62. The second kappa shape index (κ2) is 7.66. The highest BCUT2D eigenvalue weighted by Gasteiger charge is 2.41. The van der Waals surface area contributed by atoms with Crippen LogP contribution in [0.5, 0.6) is 5.75 Å². The molecule has 1 unspecified atom stereocenters. The van der Waals surface area contributed by atoms with Crippen molar-refractivity contribution in [3.63, 3.8) is 0 Å². The fourth-order valence-electron chi connectivity index (χ4n) is 2.37. The first-order valence-electron chi connectivity index (χ1n) is 7.30. The number of halogens is 1. The number of benzene rings is 1. The highest BCUT2D eigenvalue weighted by molar-refractivity contribution is 5.85. The second-order valence-electron chi connectivity index (χ2n) is 5.73. The lowest BCUT2D eigenvalue weighted by Gasteiger charge is -2.29. The Balaban J connectivity index is 0.00000220. The minimum absolute atomic E-state index is 0. The van der Waals surface area contributed by atoms with Crippen molar-refractivity contribution in [2.45, 2.75) is 38.6 Å². The van der Waals surface area contributed by atoms with E-state index >= 15 is 0 Å². The number of aryl methyl sites for hydroxylation is 1. The van der Waals surface area contributed by atoms with Gasteiger partial charge in [0.25, 0.3) is 5.91 Å². The van der Waals surface area contributed by atoms with E-state index in [0.717, 1.165) is 25.0 Å². The normalized spacial score (nSPS) is 16.5. The molecule has 0 heterocycles. The maximum Gasteiger partial charge on any atom is 0.258 e. The van der Waals surface area contributed by atoms with Gasteiger partial charge in [-0.2, -0.15) is 0 Å². The lowest BCUT2D eigenvalue weighted by atomic mass is 9.96. The van der Waals surface area contributed by atoms with Crippen LogP contribution in [0.4, 0.5) is 0 Å². The molecule has 1 aromatic carbocycles. The van der Waals surface area contributed by atoms with Gasteiger partial charge < -0.3 is 15.8 Å². The molecule has 118 valence electrons. The van der Waals surface area contributed by atoms with Crippen molar-refractivity contribution in [2.24, 2.45) is 11.7 Å². The molecule has 0 aliphatic heterocycles. The molecule has 0 radical (unpaired) electrons. The fraction of sp³-hybridized carbons (Fsp3) is 0.562. The zero-order valence-electron chi connectivity index (χ0n) is 12.7. The quantitative estimate of drug-likeness (QED) is 0.812.